The number of likely N-dealkylation sites (N-methyl/N-ethyl adjacent to an activating group) is 1. The molecule has 1 aromatic carbocycles. The van der Waals surface area contributed by atoms with Crippen LogP contribution in [0.1, 0.15) is 12.0 Å². The predicted molar refractivity (Wildman–Crippen MR) is 145 cm³/mol. The Bertz CT molecular complexity index is 1020. The first-order valence-corrected chi connectivity index (χ1v) is 14.2. The molecule has 0 atom stereocenters. The van der Waals surface area contributed by atoms with Gasteiger partial charge in [-0.2, -0.15) is 11.8 Å². The van der Waals surface area contributed by atoms with E-state index in [1.807, 2.05) is 0 Å². The summed E-state index contributed by atoms with van der Waals surface area (Å²) in [5.74, 6) is 2.52. The van der Waals surface area contributed by atoms with Crippen LogP contribution in [0, 0.1) is 0 Å². The van der Waals surface area contributed by atoms with E-state index in [2.05, 4.69) is 80.6 Å². The molecule has 2 aliphatic heterocycles. The van der Waals surface area contributed by atoms with Crippen LogP contribution in [0.15, 0.2) is 41.8 Å². The van der Waals surface area contributed by atoms with Crippen molar-refractivity contribution in [3.05, 3.63) is 47.3 Å². The lowest BCUT2D eigenvalue weighted by molar-refractivity contribution is 0.154. The van der Waals surface area contributed by atoms with Crippen molar-refractivity contribution in [2.75, 3.05) is 76.2 Å². The lowest BCUT2D eigenvalue weighted by Crippen LogP contribution is -2.44. The van der Waals surface area contributed by atoms with Crippen LogP contribution < -0.4 is 5.32 Å². The molecule has 2 aliphatic rings. The van der Waals surface area contributed by atoms with Crippen LogP contribution in [0.3, 0.4) is 0 Å². The van der Waals surface area contributed by atoms with Crippen molar-refractivity contribution >= 4 is 39.0 Å². The molecule has 0 spiro atoms. The summed E-state index contributed by atoms with van der Waals surface area (Å²) in [5.41, 5.74) is 5.96. The third-order valence-electron chi connectivity index (χ3n) is 6.73. The summed E-state index contributed by atoms with van der Waals surface area (Å²) in [4.78, 5) is 12.5. The van der Waals surface area contributed by atoms with E-state index in [9.17, 15) is 0 Å². The highest BCUT2D eigenvalue weighted by Gasteiger charge is 2.14. The second kappa shape index (κ2) is 11.2. The molecule has 0 radical (unpaired) electrons. The van der Waals surface area contributed by atoms with Gasteiger partial charge in [-0.05, 0) is 43.1 Å². The third kappa shape index (κ3) is 6.08. The Balaban J connectivity index is 1.22. The minimum atomic E-state index is 0.996. The number of piperazine rings is 1. The average molecular weight is 482 g/mol. The fourth-order valence-electron chi connectivity index (χ4n) is 4.63. The molecule has 4 heterocycles. The zero-order chi connectivity index (χ0) is 22.5. The molecule has 176 valence electrons. The van der Waals surface area contributed by atoms with Crippen molar-refractivity contribution in [3.8, 4) is 11.3 Å². The summed E-state index contributed by atoms with van der Waals surface area (Å²) in [5, 5.41) is 5.87. The van der Waals surface area contributed by atoms with Crippen LogP contribution in [-0.4, -0.2) is 90.6 Å². The lowest BCUT2D eigenvalue weighted by atomic mass is 10.1. The minimum absolute atomic E-state index is 0.996. The number of aromatic nitrogens is 1. The van der Waals surface area contributed by atoms with Gasteiger partial charge in [0.2, 0.25) is 0 Å². The number of thioether (sulfide) groups is 1. The molecule has 2 saturated heterocycles. The molecule has 2 aromatic heterocycles. The van der Waals surface area contributed by atoms with Crippen molar-refractivity contribution in [1.82, 2.24) is 19.7 Å². The van der Waals surface area contributed by atoms with E-state index in [4.69, 9.17) is 4.98 Å². The molecular formula is C26H35N5S2. The van der Waals surface area contributed by atoms with Crippen LogP contribution in [0.2, 0.25) is 0 Å². The molecule has 0 aliphatic carbocycles. The maximum atomic E-state index is 4.96. The van der Waals surface area contributed by atoms with Gasteiger partial charge in [0, 0.05) is 69.4 Å². The number of fused-ring (bicyclic) bond motifs is 1. The maximum absolute atomic E-state index is 4.96. The van der Waals surface area contributed by atoms with E-state index in [0.717, 1.165) is 30.7 Å². The molecule has 0 saturated carbocycles. The smallest absolute Gasteiger partial charge is 0.0838 e. The van der Waals surface area contributed by atoms with Gasteiger partial charge in [-0.3, -0.25) is 4.90 Å². The molecule has 3 aromatic rings. The van der Waals surface area contributed by atoms with Gasteiger partial charge in [0.15, 0.2) is 0 Å². The Morgan fingerprint density at radius 3 is 2.52 bits per heavy atom. The van der Waals surface area contributed by atoms with Gasteiger partial charge in [-0.15, -0.1) is 11.3 Å². The minimum Gasteiger partial charge on any atom is -0.384 e. The number of pyridine rings is 1. The van der Waals surface area contributed by atoms with Crippen LogP contribution in [0.4, 0.5) is 5.69 Å². The van der Waals surface area contributed by atoms with Gasteiger partial charge in [0.05, 0.1) is 21.6 Å². The largest absolute Gasteiger partial charge is 0.384 e. The summed E-state index contributed by atoms with van der Waals surface area (Å²) in [6.45, 7) is 10.4. The zero-order valence-electron chi connectivity index (χ0n) is 19.6. The van der Waals surface area contributed by atoms with E-state index in [0.29, 0.717) is 0 Å². The van der Waals surface area contributed by atoms with Crippen molar-refractivity contribution in [2.24, 2.45) is 0 Å². The molecule has 5 nitrogen and oxygen atoms in total. The number of nitrogens with zero attached hydrogens (tertiary/aromatic N) is 4. The van der Waals surface area contributed by atoms with Gasteiger partial charge >= 0.3 is 0 Å². The van der Waals surface area contributed by atoms with Crippen LogP contribution >= 0.6 is 23.1 Å². The first-order valence-electron chi connectivity index (χ1n) is 12.2. The number of anilines is 1. The number of hydrogen-bond acceptors (Lipinski definition) is 7. The SMILES string of the molecule is CN1CCN(CCCNc2cc(-c3ccc(CN4CCSCC4)cc3)nc3ccsc23)CC1. The number of benzene rings is 1. The van der Waals surface area contributed by atoms with Gasteiger partial charge in [0.25, 0.3) is 0 Å². The van der Waals surface area contributed by atoms with Crippen molar-refractivity contribution in [1.29, 1.82) is 0 Å². The Morgan fingerprint density at radius 2 is 1.73 bits per heavy atom. The van der Waals surface area contributed by atoms with E-state index in [1.54, 1.807) is 11.3 Å². The first-order chi connectivity index (χ1) is 16.2. The molecule has 0 amide bonds. The number of rotatable bonds is 8. The third-order valence-corrected chi connectivity index (χ3v) is 8.61. The van der Waals surface area contributed by atoms with Gasteiger partial charge in [0.1, 0.15) is 0 Å². The summed E-state index contributed by atoms with van der Waals surface area (Å²) in [7, 11) is 2.22. The fraction of sp³-hybridized carbons (Fsp3) is 0.500. The summed E-state index contributed by atoms with van der Waals surface area (Å²) in [6.07, 6.45) is 1.16. The van der Waals surface area contributed by atoms with E-state index >= 15 is 0 Å². The second-order valence-electron chi connectivity index (χ2n) is 9.20. The molecule has 5 rings (SSSR count). The quantitative estimate of drug-likeness (QED) is 0.475. The second-order valence-corrected chi connectivity index (χ2v) is 11.3. The van der Waals surface area contributed by atoms with E-state index in [1.165, 1.54) is 78.8 Å². The molecule has 0 bridgehead atoms. The van der Waals surface area contributed by atoms with E-state index in [-0.39, 0.29) is 0 Å². The molecule has 33 heavy (non-hydrogen) atoms. The number of nitrogens with one attached hydrogen (secondary N) is 1. The Hall–Kier alpha value is -1.64. The summed E-state index contributed by atoms with van der Waals surface area (Å²) >= 11 is 3.84. The normalized spacial score (nSPS) is 18.7. The van der Waals surface area contributed by atoms with Crippen LogP contribution in [0.25, 0.3) is 21.5 Å². The van der Waals surface area contributed by atoms with Crippen molar-refractivity contribution in [2.45, 2.75) is 13.0 Å². The average Bonchev–Trinajstić information content (AvgIpc) is 3.33. The van der Waals surface area contributed by atoms with Gasteiger partial charge in [-0.1, -0.05) is 24.3 Å². The molecule has 0 unspecified atom stereocenters. The Labute approximate surface area is 206 Å². The first kappa shape index (κ1) is 23.1. The van der Waals surface area contributed by atoms with Gasteiger partial charge in [-0.25, -0.2) is 4.98 Å². The monoisotopic (exact) mass is 481 g/mol. The summed E-state index contributed by atoms with van der Waals surface area (Å²) < 4.78 is 1.26. The van der Waals surface area contributed by atoms with Crippen molar-refractivity contribution in [3.63, 3.8) is 0 Å². The number of hydrogen-bond donors (Lipinski definition) is 1. The van der Waals surface area contributed by atoms with Crippen molar-refractivity contribution < 1.29 is 0 Å². The zero-order valence-corrected chi connectivity index (χ0v) is 21.3. The lowest BCUT2D eigenvalue weighted by Gasteiger charge is -2.32. The highest BCUT2D eigenvalue weighted by atomic mass is 32.2. The van der Waals surface area contributed by atoms with E-state index < -0.39 is 0 Å². The topological polar surface area (TPSA) is 34.6 Å². The summed E-state index contributed by atoms with van der Waals surface area (Å²) in [6, 6.07) is 13.4. The molecule has 1 N–H and O–H groups in total. The Morgan fingerprint density at radius 1 is 0.939 bits per heavy atom. The van der Waals surface area contributed by atoms with Crippen LogP contribution in [0.5, 0.6) is 0 Å². The Kier molecular flexibility index (Phi) is 7.84. The maximum Gasteiger partial charge on any atom is 0.0838 e. The predicted octanol–water partition coefficient (Wildman–Crippen LogP) is 4.56. The molecule has 2 fully saturated rings. The molecular weight excluding hydrogens is 446 g/mol. The molecule has 7 heteroatoms. The highest BCUT2D eigenvalue weighted by molar-refractivity contribution is 7.99. The number of thiophene rings is 1. The fourth-order valence-corrected chi connectivity index (χ4v) is 6.44. The highest BCUT2D eigenvalue weighted by Crippen LogP contribution is 2.32. The van der Waals surface area contributed by atoms with Gasteiger partial charge < -0.3 is 15.1 Å². The van der Waals surface area contributed by atoms with Crippen LogP contribution in [-0.2, 0) is 6.54 Å². The standard InChI is InChI=1S/C26H35N5S2/c1-29-10-12-30(13-11-29)9-2-8-27-25-19-24(28-23-7-16-33-26(23)25)22-5-3-21(4-6-22)20-31-14-17-32-18-15-31/h3-7,16,19H,2,8-15,17-18,20H2,1H3,(H,27,28).